The number of benzene rings is 3. The zero-order valence-corrected chi connectivity index (χ0v) is 12.9. The van der Waals surface area contributed by atoms with Gasteiger partial charge in [-0.1, -0.05) is 60.7 Å². The van der Waals surface area contributed by atoms with E-state index >= 15 is 0 Å². The Bertz CT molecular complexity index is 906. The first-order valence-electron chi connectivity index (χ1n) is 7.52. The Kier molecular flexibility index (Phi) is 4.60. The molecule has 0 N–H and O–H groups in total. The number of hydrogen-bond donors (Lipinski definition) is 0. The Morgan fingerprint density at radius 3 is 1.75 bits per heavy atom. The first-order valence-corrected chi connectivity index (χ1v) is 7.52. The van der Waals surface area contributed by atoms with E-state index in [1.165, 1.54) is 0 Å². The normalized spacial score (nSPS) is 10.9. The number of nitrogens with zero attached hydrogens (tertiary/aromatic N) is 2. The SMILES string of the molecule is N#Cc1ccc(C(=NC(=O)c2ccccc2)c2ccccc2)cc1. The first kappa shape index (κ1) is 15.4. The van der Waals surface area contributed by atoms with Crippen LogP contribution in [0.25, 0.3) is 0 Å². The summed E-state index contributed by atoms with van der Waals surface area (Å²) in [4.78, 5) is 16.8. The standard InChI is InChI=1S/C21H14N2O/c22-15-16-11-13-18(14-12-16)20(17-7-3-1-4-8-17)23-21(24)19-9-5-2-6-10-19/h1-14H. The van der Waals surface area contributed by atoms with E-state index in [4.69, 9.17) is 5.26 Å². The highest BCUT2D eigenvalue weighted by molar-refractivity contribution is 6.18. The Labute approximate surface area is 140 Å². The molecule has 0 unspecified atom stereocenters. The molecule has 0 fully saturated rings. The van der Waals surface area contributed by atoms with Gasteiger partial charge in [-0.15, -0.1) is 0 Å². The van der Waals surface area contributed by atoms with E-state index in [9.17, 15) is 4.79 Å². The summed E-state index contributed by atoms with van der Waals surface area (Å²) in [6.07, 6.45) is 0. The fourth-order valence-electron chi connectivity index (χ4n) is 2.34. The minimum atomic E-state index is -0.293. The molecule has 3 rings (SSSR count). The number of nitriles is 1. The van der Waals surface area contributed by atoms with Gasteiger partial charge in [0.05, 0.1) is 17.3 Å². The second kappa shape index (κ2) is 7.17. The van der Waals surface area contributed by atoms with E-state index in [1.54, 1.807) is 24.3 Å². The molecule has 0 heterocycles. The van der Waals surface area contributed by atoms with Crippen molar-refractivity contribution >= 4 is 11.6 Å². The molecule has 0 spiro atoms. The lowest BCUT2D eigenvalue weighted by atomic mass is 10.0. The number of rotatable bonds is 3. The Hall–Kier alpha value is -3.51. The number of aliphatic imine (C=N–C) groups is 1. The van der Waals surface area contributed by atoms with Crippen LogP contribution in [0.3, 0.4) is 0 Å². The molecule has 0 bridgehead atoms. The Morgan fingerprint density at radius 1 is 0.708 bits per heavy atom. The number of carbonyl (C=O) groups excluding carboxylic acids is 1. The van der Waals surface area contributed by atoms with E-state index in [1.807, 2.05) is 60.7 Å². The summed E-state index contributed by atoms with van der Waals surface area (Å²) in [6, 6.07) is 27.7. The van der Waals surface area contributed by atoms with Crippen LogP contribution in [0.4, 0.5) is 0 Å². The lowest BCUT2D eigenvalue weighted by molar-refractivity contribution is 0.100. The van der Waals surface area contributed by atoms with Gasteiger partial charge in [-0.05, 0) is 24.3 Å². The molecule has 3 aromatic carbocycles. The van der Waals surface area contributed by atoms with Crippen LogP contribution in [0.1, 0.15) is 27.0 Å². The van der Waals surface area contributed by atoms with Crippen molar-refractivity contribution in [1.29, 1.82) is 5.26 Å². The third-order valence-corrected chi connectivity index (χ3v) is 3.57. The van der Waals surface area contributed by atoms with Crippen LogP contribution in [-0.4, -0.2) is 11.6 Å². The van der Waals surface area contributed by atoms with Crippen LogP contribution >= 0.6 is 0 Å². The van der Waals surface area contributed by atoms with Crippen molar-refractivity contribution in [2.24, 2.45) is 4.99 Å². The molecule has 0 atom stereocenters. The topological polar surface area (TPSA) is 53.2 Å². The number of carbonyl (C=O) groups is 1. The Morgan fingerprint density at radius 2 is 1.21 bits per heavy atom. The zero-order valence-electron chi connectivity index (χ0n) is 12.9. The quantitative estimate of drug-likeness (QED) is 0.680. The van der Waals surface area contributed by atoms with Crippen molar-refractivity contribution in [1.82, 2.24) is 0 Å². The highest BCUT2D eigenvalue weighted by atomic mass is 16.1. The maximum Gasteiger partial charge on any atom is 0.277 e. The monoisotopic (exact) mass is 310 g/mol. The molecule has 0 aliphatic rings. The third-order valence-electron chi connectivity index (χ3n) is 3.57. The summed E-state index contributed by atoms with van der Waals surface area (Å²) < 4.78 is 0. The highest BCUT2D eigenvalue weighted by Gasteiger charge is 2.11. The van der Waals surface area contributed by atoms with Crippen LogP contribution in [0.15, 0.2) is 89.9 Å². The molecule has 0 saturated heterocycles. The van der Waals surface area contributed by atoms with Crippen molar-refractivity contribution < 1.29 is 4.79 Å². The summed E-state index contributed by atoms with van der Waals surface area (Å²) in [5, 5.41) is 8.94. The van der Waals surface area contributed by atoms with Gasteiger partial charge in [0.1, 0.15) is 0 Å². The van der Waals surface area contributed by atoms with E-state index in [0.717, 1.165) is 11.1 Å². The smallest absolute Gasteiger partial charge is 0.267 e. The van der Waals surface area contributed by atoms with Crippen molar-refractivity contribution in [2.45, 2.75) is 0 Å². The molecule has 0 aliphatic carbocycles. The second-order valence-corrected chi connectivity index (χ2v) is 5.19. The molecule has 0 radical (unpaired) electrons. The van der Waals surface area contributed by atoms with Gasteiger partial charge in [-0.2, -0.15) is 5.26 Å². The Balaban J connectivity index is 2.07. The van der Waals surface area contributed by atoms with Crippen molar-refractivity contribution in [3.8, 4) is 6.07 Å². The van der Waals surface area contributed by atoms with Crippen LogP contribution in [0, 0.1) is 11.3 Å². The number of amides is 1. The van der Waals surface area contributed by atoms with E-state index in [2.05, 4.69) is 11.1 Å². The molecule has 3 heteroatoms. The van der Waals surface area contributed by atoms with E-state index in [-0.39, 0.29) is 5.91 Å². The molecular weight excluding hydrogens is 296 g/mol. The fourth-order valence-corrected chi connectivity index (χ4v) is 2.34. The summed E-state index contributed by atoms with van der Waals surface area (Å²) in [5.41, 5.74) is 3.35. The first-order chi connectivity index (χ1) is 11.8. The lowest BCUT2D eigenvalue weighted by Crippen LogP contribution is -2.07. The predicted molar refractivity (Wildman–Crippen MR) is 94.0 cm³/mol. The molecule has 0 aliphatic heterocycles. The molecule has 0 saturated carbocycles. The average molecular weight is 310 g/mol. The molecular formula is C21H14N2O. The predicted octanol–water partition coefficient (Wildman–Crippen LogP) is 4.24. The molecule has 1 amide bonds. The van der Waals surface area contributed by atoms with Gasteiger partial charge < -0.3 is 0 Å². The third kappa shape index (κ3) is 3.45. The van der Waals surface area contributed by atoms with Crippen LogP contribution < -0.4 is 0 Å². The highest BCUT2D eigenvalue weighted by Crippen LogP contribution is 2.14. The fraction of sp³-hybridized carbons (Fsp3) is 0. The minimum absolute atomic E-state index is 0.293. The molecule has 3 aromatic rings. The number of hydrogen-bond acceptors (Lipinski definition) is 2. The van der Waals surface area contributed by atoms with Crippen molar-refractivity contribution in [2.75, 3.05) is 0 Å². The van der Waals surface area contributed by atoms with Gasteiger partial charge in [-0.3, -0.25) is 4.79 Å². The maximum absolute atomic E-state index is 12.5. The summed E-state index contributed by atoms with van der Waals surface area (Å²) in [6.45, 7) is 0. The average Bonchev–Trinajstić information content (AvgIpc) is 2.67. The van der Waals surface area contributed by atoms with Gasteiger partial charge in [0.15, 0.2) is 0 Å². The summed E-state index contributed by atoms with van der Waals surface area (Å²) in [7, 11) is 0. The van der Waals surface area contributed by atoms with Gasteiger partial charge in [0, 0.05) is 16.7 Å². The maximum atomic E-state index is 12.5. The van der Waals surface area contributed by atoms with Crippen LogP contribution in [-0.2, 0) is 0 Å². The molecule has 0 aromatic heterocycles. The van der Waals surface area contributed by atoms with Crippen LogP contribution in [0.5, 0.6) is 0 Å². The summed E-state index contributed by atoms with van der Waals surface area (Å²) in [5.74, 6) is -0.293. The van der Waals surface area contributed by atoms with Crippen molar-refractivity contribution in [3.05, 3.63) is 107 Å². The second-order valence-electron chi connectivity index (χ2n) is 5.19. The van der Waals surface area contributed by atoms with Crippen LogP contribution in [0.2, 0.25) is 0 Å². The van der Waals surface area contributed by atoms with Gasteiger partial charge in [-0.25, -0.2) is 4.99 Å². The van der Waals surface area contributed by atoms with Gasteiger partial charge in [0.2, 0.25) is 0 Å². The minimum Gasteiger partial charge on any atom is -0.267 e. The molecule has 24 heavy (non-hydrogen) atoms. The lowest BCUT2D eigenvalue weighted by Gasteiger charge is -2.07. The largest absolute Gasteiger partial charge is 0.277 e. The van der Waals surface area contributed by atoms with E-state index in [0.29, 0.717) is 16.8 Å². The van der Waals surface area contributed by atoms with Gasteiger partial charge >= 0.3 is 0 Å². The van der Waals surface area contributed by atoms with Crippen molar-refractivity contribution in [3.63, 3.8) is 0 Å². The molecule has 114 valence electrons. The van der Waals surface area contributed by atoms with E-state index < -0.39 is 0 Å². The van der Waals surface area contributed by atoms with Gasteiger partial charge in [0.25, 0.3) is 5.91 Å². The zero-order chi connectivity index (χ0) is 16.8. The molecule has 3 nitrogen and oxygen atoms in total. The summed E-state index contributed by atoms with van der Waals surface area (Å²) >= 11 is 0.